The van der Waals surface area contributed by atoms with E-state index in [0.29, 0.717) is 32.0 Å². The van der Waals surface area contributed by atoms with Crippen molar-refractivity contribution in [3.05, 3.63) is 54.2 Å². The van der Waals surface area contributed by atoms with Gasteiger partial charge < -0.3 is 19.3 Å². The molecule has 8 heteroatoms. The molecule has 1 aromatic heterocycles. The Balaban J connectivity index is 1.61. The van der Waals surface area contributed by atoms with Crippen molar-refractivity contribution in [3.8, 4) is 0 Å². The third-order valence-corrected chi connectivity index (χ3v) is 4.79. The Kier molecular flexibility index (Phi) is 4.75. The van der Waals surface area contributed by atoms with E-state index in [1.165, 1.54) is 11.0 Å². The first-order valence-corrected chi connectivity index (χ1v) is 8.69. The Morgan fingerprint density at radius 1 is 1.11 bits per heavy atom. The van der Waals surface area contributed by atoms with Crippen LogP contribution in [-0.4, -0.2) is 55.9 Å². The van der Waals surface area contributed by atoms with Crippen LogP contribution in [0.2, 0.25) is 0 Å². The van der Waals surface area contributed by atoms with E-state index < -0.39 is 17.2 Å². The minimum Gasteiger partial charge on any atom is -0.376 e. The van der Waals surface area contributed by atoms with Crippen LogP contribution in [0.3, 0.4) is 0 Å². The van der Waals surface area contributed by atoms with Gasteiger partial charge in [-0.2, -0.15) is 0 Å². The Morgan fingerprint density at radius 3 is 2.78 bits per heavy atom. The Morgan fingerprint density at radius 2 is 2.00 bits per heavy atom. The number of hydrogen-bond acceptors (Lipinski definition) is 5. The van der Waals surface area contributed by atoms with Gasteiger partial charge in [0.2, 0.25) is 0 Å². The number of aromatic nitrogens is 1. The SMILES string of the molecule is O=C1CO[C@]2(COCCN(c3ccccn3)C2)CN1c1ccc(F)c(F)c1. The molecule has 3 heterocycles. The molecule has 142 valence electrons. The number of anilines is 2. The minimum atomic E-state index is -0.993. The van der Waals surface area contributed by atoms with Gasteiger partial charge in [0.05, 0.1) is 26.3 Å². The highest BCUT2D eigenvalue weighted by Crippen LogP contribution is 2.29. The lowest BCUT2D eigenvalue weighted by atomic mass is 10.0. The summed E-state index contributed by atoms with van der Waals surface area (Å²) in [4.78, 5) is 20.2. The van der Waals surface area contributed by atoms with E-state index in [-0.39, 0.29) is 19.1 Å². The van der Waals surface area contributed by atoms with Crippen LogP contribution < -0.4 is 9.80 Å². The summed E-state index contributed by atoms with van der Waals surface area (Å²) in [6.45, 7) is 1.93. The maximum Gasteiger partial charge on any atom is 0.253 e. The zero-order chi connectivity index (χ0) is 18.9. The molecule has 4 rings (SSSR count). The zero-order valence-electron chi connectivity index (χ0n) is 14.6. The normalized spacial score (nSPS) is 23.6. The highest BCUT2D eigenvalue weighted by atomic mass is 19.2. The number of amides is 1. The number of pyridine rings is 1. The molecule has 27 heavy (non-hydrogen) atoms. The van der Waals surface area contributed by atoms with Gasteiger partial charge in [0.15, 0.2) is 11.6 Å². The van der Waals surface area contributed by atoms with Crippen molar-refractivity contribution in [1.29, 1.82) is 0 Å². The van der Waals surface area contributed by atoms with Crippen molar-refractivity contribution in [2.24, 2.45) is 0 Å². The molecule has 6 nitrogen and oxygen atoms in total. The van der Waals surface area contributed by atoms with Gasteiger partial charge in [-0.3, -0.25) is 4.79 Å². The molecular weight excluding hydrogens is 356 g/mol. The molecule has 0 radical (unpaired) electrons. The second-order valence-corrected chi connectivity index (χ2v) is 6.71. The first kappa shape index (κ1) is 17.8. The predicted molar refractivity (Wildman–Crippen MR) is 94.7 cm³/mol. The first-order chi connectivity index (χ1) is 13.1. The largest absolute Gasteiger partial charge is 0.376 e. The van der Waals surface area contributed by atoms with E-state index in [4.69, 9.17) is 9.47 Å². The molecular formula is C19H19F2N3O3. The molecule has 0 N–H and O–H groups in total. The summed E-state index contributed by atoms with van der Waals surface area (Å²) in [7, 11) is 0. The van der Waals surface area contributed by atoms with Crippen molar-refractivity contribution < 1.29 is 23.0 Å². The molecule has 0 aliphatic carbocycles. The van der Waals surface area contributed by atoms with Crippen LogP contribution >= 0.6 is 0 Å². The van der Waals surface area contributed by atoms with Gasteiger partial charge >= 0.3 is 0 Å². The fraction of sp³-hybridized carbons (Fsp3) is 0.368. The van der Waals surface area contributed by atoms with Crippen LogP contribution in [0, 0.1) is 11.6 Å². The molecule has 2 fully saturated rings. The predicted octanol–water partition coefficient (Wildman–Crippen LogP) is 2.00. The summed E-state index contributed by atoms with van der Waals surface area (Å²) in [5.41, 5.74) is -0.484. The van der Waals surface area contributed by atoms with Crippen LogP contribution in [0.25, 0.3) is 0 Å². The lowest BCUT2D eigenvalue weighted by Crippen LogP contribution is -2.61. The van der Waals surface area contributed by atoms with Gasteiger partial charge in [-0.05, 0) is 24.3 Å². The Labute approximate surface area is 155 Å². The lowest BCUT2D eigenvalue weighted by Gasteiger charge is -2.43. The van der Waals surface area contributed by atoms with Crippen LogP contribution in [-0.2, 0) is 14.3 Å². The minimum absolute atomic E-state index is 0.154. The average molecular weight is 375 g/mol. The lowest BCUT2D eigenvalue weighted by molar-refractivity contribution is -0.143. The highest BCUT2D eigenvalue weighted by Gasteiger charge is 2.43. The summed E-state index contributed by atoms with van der Waals surface area (Å²) in [5, 5.41) is 0. The highest BCUT2D eigenvalue weighted by molar-refractivity contribution is 5.95. The number of nitrogens with zero attached hydrogens (tertiary/aromatic N) is 3. The number of rotatable bonds is 2. The van der Waals surface area contributed by atoms with E-state index in [0.717, 1.165) is 18.0 Å². The number of morpholine rings is 1. The molecule has 1 spiro atoms. The van der Waals surface area contributed by atoms with Crippen molar-refractivity contribution in [2.45, 2.75) is 5.60 Å². The Bertz CT molecular complexity index is 836. The zero-order valence-corrected chi connectivity index (χ0v) is 14.6. The molecule has 0 bridgehead atoms. The molecule has 0 unspecified atom stereocenters. The summed E-state index contributed by atoms with van der Waals surface area (Å²) >= 11 is 0. The number of carbonyl (C=O) groups excluding carboxylic acids is 1. The second kappa shape index (κ2) is 7.21. The molecule has 1 aromatic carbocycles. The molecule has 2 saturated heterocycles. The standard InChI is InChI=1S/C19H19F2N3O3/c20-15-5-4-14(9-16(15)21)24-12-19(27-10-18(24)25)11-23(7-8-26-13-19)17-3-1-2-6-22-17/h1-6,9H,7-8,10-13H2/t19-/m0/s1. The summed E-state index contributed by atoms with van der Waals surface area (Å²) < 4.78 is 38.6. The number of benzene rings is 1. The third kappa shape index (κ3) is 3.63. The van der Waals surface area contributed by atoms with Gasteiger partial charge in [0.25, 0.3) is 5.91 Å². The molecule has 1 atom stereocenters. The smallest absolute Gasteiger partial charge is 0.253 e. The van der Waals surface area contributed by atoms with Gasteiger partial charge in [0, 0.05) is 24.5 Å². The fourth-order valence-electron chi connectivity index (χ4n) is 3.43. The number of halogens is 2. The number of carbonyl (C=O) groups is 1. The van der Waals surface area contributed by atoms with Gasteiger partial charge in [0.1, 0.15) is 18.0 Å². The van der Waals surface area contributed by atoms with E-state index in [1.54, 1.807) is 6.20 Å². The van der Waals surface area contributed by atoms with Crippen molar-refractivity contribution in [2.75, 3.05) is 49.3 Å². The van der Waals surface area contributed by atoms with Crippen molar-refractivity contribution in [3.63, 3.8) is 0 Å². The van der Waals surface area contributed by atoms with Crippen LogP contribution in [0.15, 0.2) is 42.6 Å². The fourth-order valence-corrected chi connectivity index (χ4v) is 3.43. The van der Waals surface area contributed by atoms with E-state index in [1.807, 2.05) is 23.1 Å². The molecule has 2 aliphatic heterocycles. The first-order valence-electron chi connectivity index (χ1n) is 8.69. The summed E-state index contributed by atoms with van der Waals surface area (Å²) in [6, 6.07) is 9.08. The van der Waals surface area contributed by atoms with Gasteiger partial charge in [-0.15, -0.1) is 0 Å². The second-order valence-electron chi connectivity index (χ2n) is 6.71. The van der Waals surface area contributed by atoms with E-state index >= 15 is 0 Å². The Hall–Kier alpha value is -2.58. The van der Waals surface area contributed by atoms with Crippen LogP contribution in [0.1, 0.15) is 0 Å². The molecule has 0 saturated carbocycles. The average Bonchev–Trinajstić information content (AvgIpc) is 2.90. The quantitative estimate of drug-likeness (QED) is 0.804. The molecule has 2 aliphatic rings. The van der Waals surface area contributed by atoms with Crippen LogP contribution in [0.4, 0.5) is 20.3 Å². The van der Waals surface area contributed by atoms with Crippen LogP contribution in [0.5, 0.6) is 0 Å². The van der Waals surface area contributed by atoms with E-state index in [2.05, 4.69) is 4.98 Å². The summed E-state index contributed by atoms with van der Waals surface area (Å²) in [5.74, 6) is -1.45. The maximum absolute atomic E-state index is 13.7. The topological polar surface area (TPSA) is 54.9 Å². The number of hydrogen-bond donors (Lipinski definition) is 0. The molecule has 1 amide bonds. The van der Waals surface area contributed by atoms with Gasteiger partial charge in [-0.1, -0.05) is 6.07 Å². The number of ether oxygens (including phenoxy) is 2. The van der Waals surface area contributed by atoms with Crippen molar-refractivity contribution >= 4 is 17.4 Å². The molecule has 2 aromatic rings. The third-order valence-electron chi connectivity index (χ3n) is 4.79. The van der Waals surface area contributed by atoms with E-state index in [9.17, 15) is 13.6 Å². The van der Waals surface area contributed by atoms with Crippen molar-refractivity contribution in [1.82, 2.24) is 4.98 Å². The summed E-state index contributed by atoms with van der Waals surface area (Å²) in [6.07, 6.45) is 1.71. The maximum atomic E-state index is 13.7. The monoisotopic (exact) mass is 375 g/mol. The van der Waals surface area contributed by atoms with Gasteiger partial charge in [-0.25, -0.2) is 13.8 Å².